The van der Waals surface area contributed by atoms with Crippen LogP contribution in [-0.2, 0) is 38.7 Å². The summed E-state index contributed by atoms with van der Waals surface area (Å²) in [4.78, 5) is 31.0. The van der Waals surface area contributed by atoms with Gasteiger partial charge in [0, 0.05) is 7.92 Å². The fourth-order valence-corrected chi connectivity index (χ4v) is 6.49. The molecule has 132 valence electrons. The van der Waals surface area contributed by atoms with E-state index in [-0.39, 0.29) is 27.4 Å². The van der Waals surface area contributed by atoms with Crippen molar-refractivity contribution < 1.29 is 38.7 Å². The molecule has 0 rings (SSSR count). The van der Waals surface area contributed by atoms with Crippen molar-refractivity contribution in [3.63, 3.8) is 0 Å². The Morgan fingerprint density at radius 2 is 0.727 bits per heavy atom. The molecule has 0 aromatic carbocycles. The average Bonchev–Trinajstić information content (AvgIpc) is 2.61. The van der Waals surface area contributed by atoms with E-state index in [0.29, 0.717) is 0 Å². The zero-order valence-corrected chi connectivity index (χ0v) is 17.4. The van der Waals surface area contributed by atoms with Crippen LogP contribution in [0.5, 0.6) is 0 Å². The summed E-state index contributed by atoms with van der Waals surface area (Å²) < 4.78 is 0. The molecule has 3 atom stereocenters. The quantitative estimate of drug-likeness (QED) is 0.286. The van der Waals surface area contributed by atoms with E-state index < -0.39 is 0 Å². The van der Waals surface area contributed by atoms with Gasteiger partial charge in [-0.25, -0.2) is 0 Å². The van der Waals surface area contributed by atoms with Crippen molar-refractivity contribution >= 4 is 35.1 Å². The second-order valence-electron chi connectivity index (χ2n) is 4.43. The Hall–Kier alpha value is -0.267. The molecule has 22 heavy (non-hydrogen) atoms. The van der Waals surface area contributed by atoms with Crippen LogP contribution in [0.3, 0.4) is 0 Å². The Morgan fingerprint density at radius 3 is 0.818 bits per heavy atom. The van der Waals surface area contributed by atoms with Crippen LogP contribution in [0.1, 0.15) is 60.8 Å². The van der Waals surface area contributed by atoms with Gasteiger partial charge in [0.25, 0.3) is 0 Å². The van der Waals surface area contributed by atoms with E-state index in [1.165, 1.54) is 19.3 Å². The van der Waals surface area contributed by atoms with Gasteiger partial charge in [-0.2, -0.15) is 0 Å². The summed E-state index contributed by atoms with van der Waals surface area (Å²) in [5.74, 6) is 0. The van der Waals surface area contributed by atoms with Crippen LogP contribution in [0.2, 0.25) is 0 Å². The molecule has 0 saturated carbocycles. The first kappa shape index (κ1) is 37.7. The van der Waals surface area contributed by atoms with Crippen LogP contribution in [0, 0.1) is 0 Å². The zero-order chi connectivity index (χ0) is 18.4. The molecule has 0 aliphatic rings. The molecular formula is C16H32O4PRu+. The minimum absolute atomic E-state index is 0. The van der Waals surface area contributed by atoms with Gasteiger partial charge in [0.05, 0.1) is 17.0 Å². The molecule has 0 N–H and O–H groups in total. The van der Waals surface area contributed by atoms with E-state index >= 15 is 0 Å². The van der Waals surface area contributed by atoms with E-state index in [1.807, 2.05) is 0 Å². The molecule has 0 radical (unpaired) electrons. The normalized spacial score (nSPS) is 13.0. The van der Waals surface area contributed by atoms with Crippen LogP contribution in [0.15, 0.2) is 0 Å². The number of carbonyl (C=O) groups excluding carboxylic acids is 4. The van der Waals surface area contributed by atoms with Crippen molar-refractivity contribution in [3.05, 3.63) is 0 Å². The maximum Gasteiger partial charge on any atom is 4.00 e. The van der Waals surface area contributed by atoms with Crippen molar-refractivity contribution in [2.45, 2.75) is 77.8 Å². The third-order valence-electron chi connectivity index (χ3n) is 3.54. The monoisotopic (exact) mass is 421 g/mol. The van der Waals surface area contributed by atoms with Crippen LogP contribution < -0.4 is 0 Å². The van der Waals surface area contributed by atoms with Crippen molar-refractivity contribution in [2.24, 2.45) is 0 Å². The minimum Gasteiger partial charge on any atom is -0.545 e. The molecule has 0 aromatic heterocycles. The maximum atomic E-state index is 7.75. The fraction of sp³-hybridized carbons (Fsp3) is 0.750. The van der Waals surface area contributed by atoms with E-state index in [0.717, 1.165) is 17.0 Å². The number of rotatable bonds is 6. The number of hydrogen-bond acceptors (Lipinski definition) is 4. The van der Waals surface area contributed by atoms with Crippen molar-refractivity contribution in [2.75, 3.05) is 0 Å². The molecule has 3 unspecified atom stereocenters. The zero-order valence-electron chi connectivity index (χ0n) is 14.6. The van der Waals surface area contributed by atoms with E-state index in [9.17, 15) is 0 Å². The molecule has 0 amide bonds. The Bertz CT molecular complexity index is 156. The third kappa shape index (κ3) is 22.0. The maximum absolute atomic E-state index is 7.75. The molecule has 6 heteroatoms. The first-order valence-electron chi connectivity index (χ1n) is 6.89. The summed E-state index contributed by atoms with van der Waals surface area (Å²) in [6, 6.07) is 0. The molecule has 0 bridgehead atoms. The fourth-order valence-electron chi connectivity index (χ4n) is 2.16. The van der Waals surface area contributed by atoms with Gasteiger partial charge in [-0.05, 0) is 40.0 Å². The summed E-state index contributed by atoms with van der Waals surface area (Å²) in [5, 5.41) is 0. The second kappa shape index (κ2) is 37.2. The Labute approximate surface area is 151 Å². The van der Waals surface area contributed by atoms with Crippen LogP contribution in [0.4, 0.5) is 0 Å². The average molecular weight is 420 g/mol. The minimum atomic E-state index is -0.130. The molecule has 0 spiro atoms. The van der Waals surface area contributed by atoms with Crippen molar-refractivity contribution in [3.8, 4) is 0 Å². The summed E-state index contributed by atoms with van der Waals surface area (Å²) >= 11 is 0. The molecule has 0 heterocycles. The van der Waals surface area contributed by atoms with Gasteiger partial charge in [0.1, 0.15) is 0 Å². The Morgan fingerprint density at radius 1 is 0.591 bits per heavy atom. The standard InChI is InChI=1S/C12H27P.4CHO.Ru/c1-7-10(4)13(11(5)8-2)12(6)9-3;4*1-2;/h10-12H,7-9H2,1-6H3;4*1H;/q;4*-1;+4/p+1. The van der Waals surface area contributed by atoms with Gasteiger partial charge in [0.2, 0.25) is 0 Å². The van der Waals surface area contributed by atoms with Crippen molar-refractivity contribution in [1.29, 1.82) is 0 Å². The topological polar surface area (TPSA) is 68.3 Å². The molecular weight excluding hydrogens is 388 g/mol. The van der Waals surface area contributed by atoms with Crippen LogP contribution >= 0.6 is 7.92 Å². The summed E-state index contributed by atoms with van der Waals surface area (Å²) in [6.45, 7) is 27.4. The Kier molecular flexibility index (Phi) is 63.8. The van der Waals surface area contributed by atoms with Crippen LogP contribution in [0.25, 0.3) is 0 Å². The van der Waals surface area contributed by atoms with E-state index in [1.54, 1.807) is 0 Å². The predicted molar refractivity (Wildman–Crippen MR) is 94.6 cm³/mol. The van der Waals surface area contributed by atoms with Gasteiger partial charge in [-0.15, -0.1) is 0 Å². The first-order valence-corrected chi connectivity index (χ1v) is 8.62. The van der Waals surface area contributed by atoms with E-state index in [4.69, 9.17) is 19.2 Å². The molecule has 4 nitrogen and oxygen atoms in total. The van der Waals surface area contributed by atoms with Gasteiger partial charge in [0.15, 0.2) is 0 Å². The molecule has 0 fully saturated rings. The summed E-state index contributed by atoms with van der Waals surface area (Å²) in [5.41, 5.74) is 2.99. The molecule has 0 aromatic rings. The van der Waals surface area contributed by atoms with Gasteiger partial charge < -0.3 is 19.2 Å². The van der Waals surface area contributed by atoms with Gasteiger partial charge in [-0.1, -0.05) is 20.8 Å². The third-order valence-corrected chi connectivity index (χ3v) is 8.18. The summed E-state index contributed by atoms with van der Waals surface area (Å²) in [6.07, 6.45) is 4.13. The molecule has 0 aliphatic carbocycles. The summed E-state index contributed by atoms with van der Waals surface area (Å²) in [7, 11) is -0.130. The van der Waals surface area contributed by atoms with Crippen LogP contribution in [-0.4, -0.2) is 44.1 Å². The predicted octanol–water partition coefficient (Wildman–Crippen LogP) is 3.50. The SMILES string of the molecule is CCC(C)[PH+](C(C)CC)C(C)CC.[CH-]=O.[CH-]=O.[CH-]=O.[CH-]=O.[Ru+4]. The van der Waals surface area contributed by atoms with Gasteiger partial charge in [-0.3, -0.25) is 27.2 Å². The van der Waals surface area contributed by atoms with Crippen molar-refractivity contribution in [1.82, 2.24) is 0 Å². The smallest absolute Gasteiger partial charge is 0.545 e. The second-order valence-corrected chi connectivity index (χ2v) is 8.38. The first-order chi connectivity index (χ1) is 10.1. The largest absolute Gasteiger partial charge is 4.00 e. The van der Waals surface area contributed by atoms with E-state index in [2.05, 4.69) is 68.7 Å². The van der Waals surface area contributed by atoms with Gasteiger partial charge >= 0.3 is 19.5 Å². The molecule has 0 saturated heterocycles. The number of hydrogen-bond donors (Lipinski definition) is 0. The Balaban J connectivity index is -0.0000000613. The molecule has 0 aliphatic heterocycles.